The number of carbonyl (C=O) groups is 1. The Morgan fingerprint density at radius 1 is 1.14 bits per heavy atom. The van der Waals surface area contributed by atoms with Gasteiger partial charge in [0.25, 0.3) is 17.2 Å². The summed E-state index contributed by atoms with van der Waals surface area (Å²) < 4.78 is 9.82. The second-order valence-electron chi connectivity index (χ2n) is 10.1. The standard InChI is InChI=1S/C30H41N7O5S/c1-8-11-23(21(5)37(40-6)41-7)30(39)34-15-17-35(18-16-34)43-22-13-14-25(42-10-3)24(19-22)28-32-29(38)27-20(4)31-26(12-9-2)36(27)33-28/h11,13-14,19H,8-10,12,15-18H2,1-7H3/p+1/b23-11-. The molecule has 43 heavy (non-hydrogen) atoms. The lowest BCUT2D eigenvalue weighted by molar-refractivity contribution is -0.958. The van der Waals surface area contributed by atoms with E-state index in [0.29, 0.717) is 78.8 Å². The van der Waals surface area contributed by atoms with Crippen LogP contribution >= 0.6 is 11.9 Å². The van der Waals surface area contributed by atoms with Crippen LogP contribution in [0.25, 0.3) is 16.9 Å². The molecular formula is C30H42N7O5S+. The Morgan fingerprint density at radius 3 is 2.49 bits per heavy atom. The monoisotopic (exact) mass is 612 g/mol. The van der Waals surface area contributed by atoms with Gasteiger partial charge in [-0.3, -0.25) is 9.59 Å². The number of nitrogens with one attached hydrogen (secondary N) is 1. The van der Waals surface area contributed by atoms with Crippen molar-refractivity contribution >= 4 is 29.1 Å². The molecule has 1 fully saturated rings. The second-order valence-corrected chi connectivity index (χ2v) is 11.2. The van der Waals surface area contributed by atoms with E-state index in [4.69, 9.17) is 19.5 Å². The van der Waals surface area contributed by atoms with E-state index in [1.165, 1.54) is 19.1 Å². The molecular weight excluding hydrogens is 570 g/mol. The van der Waals surface area contributed by atoms with Gasteiger partial charge in [0.1, 0.15) is 17.1 Å². The third kappa shape index (κ3) is 7.04. The number of hydrogen-bond acceptors (Lipinski definition) is 9. The number of aryl methyl sites for hydroxylation is 2. The minimum absolute atomic E-state index is 0.0472. The highest BCUT2D eigenvalue weighted by Gasteiger charge is 2.30. The molecule has 12 nitrogen and oxygen atoms in total. The maximum atomic E-state index is 13.4. The van der Waals surface area contributed by atoms with Crippen molar-refractivity contribution in [3.05, 3.63) is 51.7 Å². The molecule has 0 bridgehead atoms. The number of aromatic nitrogens is 4. The molecule has 1 amide bonds. The van der Waals surface area contributed by atoms with E-state index in [1.807, 2.05) is 49.9 Å². The number of allylic oxidation sites excluding steroid dienone is 1. The molecule has 3 heterocycles. The summed E-state index contributed by atoms with van der Waals surface area (Å²) in [5, 5.41) is 4.80. The first-order chi connectivity index (χ1) is 20.8. The number of benzene rings is 1. The molecule has 1 N–H and O–H groups in total. The van der Waals surface area contributed by atoms with Gasteiger partial charge in [0.2, 0.25) is 0 Å². The first-order valence-corrected chi connectivity index (χ1v) is 15.4. The number of piperazine rings is 1. The number of aromatic amines is 1. The lowest BCUT2D eigenvalue weighted by Crippen LogP contribution is -2.47. The van der Waals surface area contributed by atoms with Crippen molar-refractivity contribution in [2.75, 3.05) is 47.0 Å². The minimum atomic E-state index is -0.235. The summed E-state index contributed by atoms with van der Waals surface area (Å²) in [5.41, 5.74) is 2.77. The quantitative estimate of drug-likeness (QED) is 0.141. The average Bonchev–Trinajstić information content (AvgIpc) is 3.32. The van der Waals surface area contributed by atoms with Crippen LogP contribution in [-0.2, 0) is 20.9 Å². The molecule has 0 aliphatic carbocycles. The fourth-order valence-electron chi connectivity index (χ4n) is 5.12. The Labute approximate surface area is 256 Å². The smallest absolute Gasteiger partial charge is 0.297 e. The summed E-state index contributed by atoms with van der Waals surface area (Å²) >= 11 is 1.61. The third-order valence-electron chi connectivity index (χ3n) is 7.12. The molecule has 0 unspecified atom stereocenters. The number of fused-ring (bicyclic) bond motifs is 1. The predicted octanol–water partition coefficient (Wildman–Crippen LogP) is 3.83. The van der Waals surface area contributed by atoms with Crippen molar-refractivity contribution in [2.45, 2.75) is 58.8 Å². The highest BCUT2D eigenvalue weighted by molar-refractivity contribution is 7.97. The second kappa shape index (κ2) is 14.6. The van der Waals surface area contributed by atoms with Gasteiger partial charge in [0.15, 0.2) is 30.5 Å². The molecule has 4 rings (SSSR count). The number of ether oxygens (including phenoxy) is 1. The number of carbonyl (C=O) groups excluding carboxylic acids is 1. The van der Waals surface area contributed by atoms with Gasteiger partial charge in [0, 0.05) is 44.4 Å². The van der Waals surface area contributed by atoms with E-state index in [9.17, 15) is 9.59 Å². The maximum Gasteiger partial charge on any atom is 0.297 e. The van der Waals surface area contributed by atoms with Crippen molar-refractivity contribution in [1.29, 1.82) is 0 Å². The number of H-pyrrole nitrogens is 1. The Morgan fingerprint density at radius 2 is 1.86 bits per heavy atom. The van der Waals surface area contributed by atoms with Crippen molar-refractivity contribution in [3.8, 4) is 17.1 Å². The molecule has 0 atom stereocenters. The zero-order valence-corrected chi connectivity index (χ0v) is 26.9. The molecule has 0 saturated carbocycles. The van der Waals surface area contributed by atoms with Gasteiger partial charge in [-0.1, -0.05) is 19.9 Å². The van der Waals surface area contributed by atoms with Gasteiger partial charge in [-0.25, -0.2) is 23.5 Å². The minimum Gasteiger partial charge on any atom is -0.493 e. The Kier molecular flexibility index (Phi) is 10.9. The van der Waals surface area contributed by atoms with Gasteiger partial charge >= 0.3 is 0 Å². The third-order valence-corrected chi connectivity index (χ3v) is 8.20. The molecule has 2 aromatic heterocycles. The number of nitrogens with zero attached hydrogens (tertiary/aromatic N) is 6. The molecule has 0 radical (unpaired) electrons. The SMILES string of the molecule is CC/C=C(\C(=O)N1CCN(Sc2ccc(OCC)c(-c3nn4c(CCC)nc(C)c4c(=O)[nH]3)c2)CC1)C(C)=[N+](OC)OC. The van der Waals surface area contributed by atoms with Crippen LogP contribution < -0.4 is 10.3 Å². The largest absolute Gasteiger partial charge is 0.493 e. The lowest BCUT2D eigenvalue weighted by atomic mass is 10.1. The fraction of sp³-hybridized carbons (Fsp3) is 0.500. The van der Waals surface area contributed by atoms with Crippen LogP contribution in [0.15, 0.2) is 39.5 Å². The highest BCUT2D eigenvalue weighted by atomic mass is 32.2. The van der Waals surface area contributed by atoms with Crippen LogP contribution in [-0.4, -0.2) is 92.3 Å². The van der Waals surface area contributed by atoms with Crippen LogP contribution in [0.2, 0.25) is 0 Å². The number of rotatable bonds is 12. The van der Waals surface area contributed by atoms with Crippen molar-refractivity contribution in [3.63, 3.8) is 0 Å². The van der Waals surface area contributed by atoms with E-state index >= 15 is 0 Å². The topological polar surface area (TPSA) is 117 Å². The average molecular weight is 613 g/mol. The lowest BCUT2D eigenvalue weighted by Gasteiger charge is -2.34. The van der Waals surface area contributed by atoms with Gasteiger partial charge < -0.3 is 14.6 Å². The predicted molar refractivity (Wildman–Crippen MR) is 166 cm³/mol. The zero-order valence-electron chi connectivity index (χ0n) is 26.1. The molecule has 232 valence electrons. The Balaban J connectivity index is 1.55. The van der Waals surface area contributed by atoms with E-state index in [2.05, 4.69) is 21.2 Å². The first-order valence-electron chi connectivity index (χ1n) is 14.7. The van der Waals surface area contributed by atoms with E-state index in [0.717, 1.165) is 23.6 Å². The van der Waals surface area contributed by atoms with E-state index < -0.39 is 0 Å². The summed E-state index contributed by atoms with van der Waals surface area (Å²) in [6, 6.07) is 5.90. The summed E-state index contributed by atoms with van der Waals surface area (Å²) in [7, 11) is 3.00. The van der Waals surface area contributed by atoms with E-state index in [1.54, 1.807) is 23.4 Å². The van der Waals surface area contributed by atoms with Crippen LogP contribution in [0, 0.1) is 6.92 Å². The van der Waals surface area contributed by atoms with Crippen molar-refractivity contribution in [1.82, 2.24) is 28.8 Å². The van der Waals surface area contributed by atoms with Crippen molar-refractivity contribution < 1.29 is 24.1 Å². The summed E-state index contributed by atoms with van der Waals surface area (Å²) in [6.45, 7) is 12.6. The zero-order chi connectivity index (χ0) is 31.1. The normalized spacial score (nSPS) is 14.2. The first kappa shape index (κ1) is 32.1. The molecule has 0 spiro atoms. The van der Waals surface area contributed by atoms with Crippen molar-refractivity contribution in [2.24, 2.45) is 0 Å². The van der Waals surface area contributed by atoms with Crippen LogP contribution in [0.1, 0.15) is 52.1 Å². The molecule has 3 aromatic rings. The summed E-state index contributed by atoms with van der Waals surface area (Å²) in [4.78, 5) is 48.6. The molecule has 1 saturated heterocycles. The highest BCUT2D eigenvalue weighted by Crippen LogP contribution is 2.34. The van der Waals surface area contributed by atoms with Gasteiger partial charge in [-0.2, -0.15) is 0 Å². The van der Waals surface area contributed by atoms with Crippen LogP contribution in [0.3, 0.4) is 0 Å². The summed E-state index contributed by atoms with van der Waals surface area (Å²) in [6.07, 6.45) is 4.22. The van der Waals surface area contributed by atoms with Crippen LogP contribution in [0.4, 0.5) is 0 Å². The fourth-order valence-corrected chi connectivity index (χ4v) is 6.06. The number of amides is 1. The summed E-state index contributed by atoms with van der Waals surface area (Å²) in [5.74, 6) is 1.78. The molecule has 13 heteroatoms. The number of imidazole rings is 1. The van der Waals surface area contributed by atoms with Gasteiger partial charge in [0.05, 0.1) is 17.9 Å². The van der Waals surface area contributed by atoms with Gasteiger partial charge in [-0.05, 0) is 56.8 Å². The Bertz CT molecular complexity index is 1560. The Hall–Kier alpha value is -3.84. The van der Waals surface area contributed by atoms with E-state index in [-0.39, 0.29) is 11.5 Å². The number of hydrogen-bond donors (Lipinski definition) is 1. The van der Waals surface area contributed by atoms with Gasteiger partial charge in [-0.15, -0.1) is 5.10 Å². The van der Waals surface area contributed by atoms with Crippen LogP contribution in [0.5, 0.6) is 5.75 Å². The molecule has 1 aromatic carbocycles. The molecule has 1 aliphatic rings. The maximum absolute atomic E-state index is 13.4. The molecule has 1 aliphatic heterocycles.